The largest absolute Gasteiger partial charge is 0.390 e. The Morgan fingerprint density at radius 2 is 1.93 bits per heavy atom. The first-order chi connectivity index (χ1) is 13.7. The molecular formula is C22H29Cl2N3O3. The molecule has 8 heteroatoms. The van der Waals surface area contributed by atoms with Crippen LogP contribution in [0.1, 0.15) is 45.9 Å². The van der Waals surface area contributed by atoms with Gasteiger partial charge in [0.15, 0.2) is 0 Å². The number of amides is 1. The Labute approximate surface area is 189 Å². The number of halogens is 2. The summed E-state index contributed by atoms with van der Waals surface area (Å²) >= 11 is 0. The summed E-state index contributed by atoms with van der Waals surface area (Å²) in [5, 5.41) is 16.8. The van der Waals surface area contributed by atoms with E-state index < -0.39 is 6.10 Å². The molecule has 0 aliphatic carbocycles. The molecule has 2 unspecified atom stereocenters. The Hall–Kier alpha value is -1.70. The number of rotatable bonds is 5. The van der Waals surface area contributed by atoms with Crippen LogP contribution in [0.25, 0.3) is 0 Å². The summed E-state index contributed by atoms with van der Waals surface area (Å²) in [6.45, 7) is 2.44. The predicted octanol–water partition coefficient (Wildman–Crippen LogP) is 2.62. The molecule has 30 heavy (non-hydrogen) atoms. The van der Waals surface area contributed by atoms with E-state index in [4.69, 9.17) is 4.74 Å². The summed E-state index contributed by atoms with van der Waals surface area (Å²) in [5.74, 6) is 0.171. The molecule has 6 nitrogen and oxygen atoms in total. The molecule has 0 radical (unpaired) electrons. The van der Waals surface area contributed by atoms with E-state index in [-0.39, 0.29) is 43.3 Å². The van der Waals surface area contributed by atoms with E-state index in [1.54, 1.807) is 12.3 Å². The number of aliphatic hydroxyl groups excluding tert-OH is 1. The fraction of sp³-hybridized carbons (Fsp3) is 0.455. The lowest BCUT2D eigenvalue weighted by Gasteiger charge is -2.30. The third-order valence-corrected chi connectivity index (χ3v) is 5.73. The van der Waals surface area contributed by atoms with Crippen LogP contribution >= 0.6 is 24.8 Å². The number of aliphatic hydroxyl groups is 1. The Morgan fingerprint density at radius 1 is 1.20 bits per heavy atom. The van der Waals surface area contributed by atoms with Crippen LogP contribution in [0.2, 0.25) is 0 Å². The summed E-state index contributed by atoms with van der Waals surface area (Å²) in [6.07, 6.45) is 3.68. The van der Waals surface area contributed by atoms with E-state index in [1.165, 1.54) is 11.1 Å². The molecule has 4 rings (SSSR count). The molecule has 2 atom stereocenters. The van der Waals surface area contributed by atoms with Crippen molar-refractivity contribution in [1.29, 1.82) is 0 Å². The van der Waals surface area contributed by atoms with Gasteiger partial charge < -0.3 is 20.5 Å². The van der Waals surface area contributed by atoms with Gasteiger partial charge in [0.2, 0.25) is 0 Å². The van der Waals surface area contributed by atoms with Crippen LogP contribution in [0.3, 0.4) is 0 Å². The Kier molecular flexibility index (Phi) is 9.52. The average Bonchev–Trinajstić information content (AvgIpc) is 2.77. The number of benzene rings is 1. The van der Waals surface area contributed by atoms with Gasteiger partial charge in [-0.2, -0.15) is 0 Å². The predicted molar refractivity (Wildman–Crippen MR) is 121 cm³/mol. The van der Waals surface area contributed by atoms with Gasteiger partial charge in [-0.15, -0.1) is 24.8 Å². The van der Waals surface area contributed by atoms with E-state index in [0.717, 1.165) is 44.7 Å². The second-order valence-corrected chi connectivity index (χ2v) is 7.59. The lowest BCUT2D eigenvalue weighted by Crippen LogP contribution is -2.49. The minimum atomic E-state index is -0.644. The minimum absolute atomic E-state index is 0. The summed E-state index contributed by atoms with van der Waals surface area (Å²) in [6, 6.07) is 11.8. The van der Waals surface area contributed by atoms with Gasteiger partial charge in [-0.25, -0.2) is 0 Å². The Balaban J connectivity index is 0.00000160. The topological polar surface area (TPSA) is 83.5 Å². The van der Waals surface area contributed by atoms with Crippen LogP contribution in [0.5, 0.6) is 0 Å². The molecule has 0 saturated carbocycles. The first-order valence-corrected chi connectivity index (χ1v) is 10.0. The van der Waals surface area contributed by atoms with Crippen molar-refractivity contribution >= 4 is 30.7 Å². The number of nitrogens with one attached hydrogen (secondary N) is 2. The number of nitrogens with zero attached hydrogens (tertiary/aromatic N) is 1. The van der Waals surface area contributed by atoms with Crippen molar-refractivity contribution in [2.45, 2.75) is 43.9 Å². The number of carbonyl (C=O) groups excluding carboxylic acids is 1. The molecule has 1 amide bonds. The number of aromatic nitrogens is 1. The second kappa shape index (κ2) is 11.6. The molecule has 2 aromatic rings. The quantitative estimate of drug-likeness (QED) is 0.647. The number of ether oxygens (including phenoxy) is 1. The van der Waals surface area contributed by atoms with Gasteiger partial charge in [0, 0.05) is 55.7 Å². The average molecular weight is 454 g/mol. The third-order valence-electron chi connectivity index (χ3n) is 5.73. The maximum absolute atomic E-state index is 12.6. The summed E-state index contributed by atoms with van der Waals surface area (Å²) in [5.41, 5.74) is 4.06. The van der Waals surface area contributed by atoms with E-state index >= 15 is 0 Å². The SMILES string of the molecule is Cl.Cl.O=C(NCC(O)C1Cc2ccccc2CN1)c1ccnc(C2CCOCC2)c1. The number of hydrogen-bond donors (Lipinski definition) is 3. The molecule has 1 fully saturated rings. The lowest BCUT2D eigenvalue weighted by atomic mass is 9.93. The maximum atomic E-state index is 12.6. The van der Waals surface area contributed by atoms with Gasteiger partial charge in [0.05, 0.1) is 6.10 Å². The monoisotopic (exact) mass is 453 g/mol. The Morgan fingerprint density at radius 3 is 2.70 bits per heavy atom. The molecule has 164 valence electrons. The molecule has 1 aromatic heterocycles. The highest BCUT2D eigenvalue weighted by Crippen LogP contribution is 2.25. The zero-order valence-electron chi connectivity index (χ0n) is 16.8. The standard InChI is InChI=1S/C22H27N3O3.2ClH/c26-21(20-11-16-3-1-2-4-18(16)13-24-20)14-25-22(27)17-5-8-23-19(12-17)15-6-9-28-10-7-15;;/h1-5,8,12,15,20-21,24,26H,6-7,9-11,13-14H2,(H,25,27);2*1H. The third kappa shape index (κ3) is 5.93. The number of pyridine rings is 1. The zero-order valence-corrected chi connectivity index (χ0v) is 18.4. The fourth-order valence-corrected chi connectivity index (χ4v) is 4.00. The number of fused-ring (bicyclic) bond motifs is 1. The first-order valence-electron chi connectivity index (χ1n) is 10.0. The van der Waals surface area contributed by atoms with Gasteiger partial charge in [-0.3, -0.25) is 9.78 Å². The highest BCUT2D eigenvalue weighted by atomic mass is 35.5. The van der Waals surface area contributed by atoms with Crippen molar-refractivity contribution in [2.24, 2.45) is 0 Å². The molecule has 0 spiro atoms. The van der Waals surface area contributed by atoms with Crippen LogP contribution in [-0.2, 0) is 17.7 Å². The molecular weight excluding hydrogens is 425 g/mol. The normalized spacial score (nSPS) is 19.6. The van der Waals surface area contributed by atoms with Gasteiger partial charge in [0.25, 0.3) is 5.91 Å². The van der Waals surface area contributed by atoms with Crippen molar-refractivity contribution < 1.29 is 14.6 Å². The molecule has 2 aliphatic heterocycles. The van der Waals surface area contributed by atoms with Crippen LogP contribution in [0, 0.1) is 0 Å². The van der Waals surface area contributed by atoms with Gasteiger partial charge in [0.1, 0.15) is 0 Å². The summed E-state index contributed by atoms with van der Waals surface area (Å²) in [7, 11) is 0. The number of carbonyl (C=O) groups is 1. The van der Waals surface area contributed by atoms with Crippen LogP contribution in [-0.4, -0.2) is 47.9 Å². The first kappa shape index (κ1) is 24.6. The summed E-state index contributed by atoms with van der Waals surface area (Å²) < 4.78 is 5.40. The fourth-order valence-electron chi connectivity index (χ4n) is 4.00. The van der Waals surface area contributed by atoms with Crippen LogP contribution in [0.15, 0.2) is 42.6 Å². The lowest BCUT2D eigenvalue weighted by molar-refractivity contribution is 0.0842. The van der Waals surface area contributed by atoms with Crippen molar-refractivity contribution in [3.63, 3.8) is 0 Å². The van der Waals surface area contributed by atoms with Crippen molar-refractivity contribution in [3.8, 4) is 0 Å². The van der Waals surface area contributed by atoms with Crippen LogP contribution < -0.4 is 10.6 Å². The smallest absolute Gasteiger partial charge is 0.251 e. The minimum Gasteiger partial charge on any atom is -0.390 e. The second-order valence-electron chi connectivity index (χ2n) is 7.59. The summed E-state index contributed by atoms with van der Waals surface area (Å²) in [4.78, 5) is 17.0. The molecule has 3 heterocycles. The molecule has 3 N–H and O–H groups in total. The molecule has 1 saturated heterocycles. The van der Waals surface area contributed by atoms with Crippen molar-refractivity contribution in [2.75, 3.05) is 19.8 Å². The van der Waals surface area contributed by atoms with E-state index in [2.05, 4.69) is 27.8 Å². The van der Waals surface area contributed by atoms with E-state index in [0.29, 0.717) is 11.5 Å². The van der Waals surface area contributed by atoms with Gasteiger partial charge >= 0.3 is 0 Å². The van der Waals surface area contributed by atoms with Crippen molar-refractivity contribution in [1.82, 2.24) is 15.6 Å². The highest BCUT2D eigenvalue weighted by molar-refractivity contribution is 5.94. The van der Waals surface area contributed by atoms with E-state index in [9.17, 15) is 9.90 Å². The van der Waals surface area contributed by atoms with E-state index in [1.807, 2.05) is 18.2 Å². The molecule has 0 bridgehead atoms. The van der Waals surface area contributed by atoms with Crippen molar-refractivity contribution in [3.05, 3.63) is 65.0 Å². The Bertz CT molecular complexity index is 831. The van der Waals surface area contributed by atoms with Gasteiger partial charge in [-0.05, 0) is 42.5 Å². The van der Waals surface area contributed by atoms with Crippen LogP contribution in [0.4, 0.5) is 0 Å². The maximum Gasteiger partial charge on any atom is 0.251 e. The molecule has 2 aliphatic rings. The highest BCUT2D eigenvalue weighted by Gasteiger charge is 2.25. The zero-order chi connectivity index (χ0) is 19.3. The molecule has 1 aromatic carbocycles. The number of hydrogen-bond acceptors (Lipinski definition) is 5. The van der Waals surface area contributed by atoms with Gasteiger partial charge in [-0.1, -0.05) is 24.3 Å².